The quantitative estimate of drug-likeness (QED) is 0.790. The highest BCUT2D eigenvalue weighted by molar-refractivity contribution is 6.00. The molecule has 2 aliphatic rings. The monoisotopic (exact) mass is 274 g/mol. The first-order chi connectivity index (χ1) is 9.74. The highest BCUT2D eigenvalue weighted by atomic mass is 16.5. The number of carbonyl (C=O) groups is 1. The van der Waals surface area contributed by atoms with Gasteiger partial charge in [0.1, 0.15) is 5.75 Å². The van der Waals surface area contributed by atoms with Crippen molar-refractivity contribution in [3.05, 3.63) is 29.8 Å². The van der Waals surface area contributed by atoms with Crippen LogP contribution in [0.1, 0.15) is 48.9 Å². The number of ketones is 1. The Balaban J connectivity index is 1.79. The van der Waals surface area contributed by atoms with E-state index in [4.69, 9.17) is 9.47 Å². The Kier molecular flexibility index (Phi) is 3.79. The molecule has 3 nitrogen and oxygen atoms in total. The van der Waals surface area contributed by atoms with E-state index < -0.39 is 0 Å². The van der Waals surface area contributed by atoms with Gasteiger partial charge in [0, 0.05) is 12.5 Å². The highest BCUT2D eigenvalue weighted by Crippen LogP contribution is 2.43. The summed E-state index contributed by atoms with van der Waals surface area (Å²) in [5, 5.41) is 0. The van der Waals surface area contributed by atoms with Gasteiger partial charge in [0.25, 0.3) is 0 Å². The number of hydrogen-bond donors (Lipinski definition) is 0. The van der Waals surface area contributed by atoms with Crippen molar-refractivity contribution in [3.63, 3.8) is 0 Å². The number of rotatable bonds is 3. The largest absolute Gasteiger partial charge is 0.496 e. The van der Waals surface area contributed by atoms with Crippen molar-refractivity contribution in [1.82, 2.24) is 0 Å². The minimum atomic E-state index is -0.0133. The van der Waals surface area contributed by atoms with Crippen LogP contribution in [0.4, 0.5) is 0 Å². The Morgan fingerprint density at radius 1 is 1.30 bits per heavy atom. The van der Waals surface area contributed by atoms with Gasteiger partial charge in [-0.15, -0.1) is 0 Å². The molecule has 0 radical (unpaired) electrons. The summed E-state index contributed by atoms with van der Waals surface area (Å²) in [5.74, 6) is 0.986. The van der Waals surface area contributed by atoms with E-state index in [2.05, 4.69) is 0 Å². The van der Waals surface area contributed by atoms with Crippen molar-refractivity contribution in [3.8, 4) is 5.75 Å². The molecule has 1 saturated carbocycles. The van der Waals surface area contributed by atoms with Crippen LogP contribution in [0, 0.1) is 5.92 Å². The van der Waals surface area contributed by atoms with E-state index in [9.17, 15) is 4.79 Å². The number of ether oxygens (including phenoxy) is 2. The van der Waals surface area contributed by atoms with Crippen LogP contribution in [0.3, 0.4) is 0 Å². The second-order valence-electron chi connectivity index (χ2n) is 5.99. The Labute approximate surface area is 120 Å². The minimum Gasteiger partial charge on any atom is -0.496 e. The lowest BCUT2D eigenvalue weighted by Gasteiger charge is -2.37. The fraction of sp³-hybridized carbons (Fsp3) is 0.588. The molecule has 3 heteroatoms. The zero-order chi connectivity index (χ0) is 14.0. The van der Waals surface area contributed by atoms with Crippen LogP contribution in [0.25, 0.3) is 0 Å². The van der Waals surface area contributed by atoms with Crippen molar-refractivity contribution in [2.24, 2.45) is 5.92 Å². The number of hydrogen-bond acceptors (Lipinski definition) is 3. The summed E-state index contributed by atoms with van der Waals surface area (Å²) in [5.41, 5.74) is 0.704. The van der Waals surface area contributed by atoms with E-state index in [1.54, 1.807) is 7.11 Å². The lowest BCUT2D eigenvalue weighted by molar-refractivity contribution is -0.0866. The molecule has 1 aromatic carbocycles. The van der Waals surface area contributed by atoms with Crippen LogP contribution in [-0.2, 0) is 4.74 Å². The average molecular weight is 274 g/mol. The maximum Gasteiger partial charge on any atom is 0.169 e. The first-order valence-corrected chi connectivity index (χ1v) is 7.55. The molecule has 3 rings (SSSR count). The molecule has 1 heterocycles. The summed E-state index contributed by atoms with van der Waals surface area (Å²) >= 11 is 0. The van der Waals surface area contributed by atoms with E-state index >= 15 is 0 Å². The molecule has 1 aliphatic heterocycles. The van der Waals surface area contributed by atoms with Gasteiger partial charge in [0.2, 0.25) is 0 Å². The SMILES string of the molecule is COc1ccccc1C(=O)C1CCOC2(CCCC2)C1. The summed E-state index contributed by atoms with van der Waals surface area (Å²) in [6.07, 6.45) is 6.40. The third-order valence-corrected chi connectivity index (χ3v) is 4.75. The van der Waals surface area contributed by atoms with Gasteiger partial charge < -0.3 is 9.47 Å². The van der Waals surface area contributed by atoms with Crippen molar-refractivity contribution >= 4 is 5.78 Å². The first-order valence-electron chi connectivity index (χ1n) is 7.55. The number of carbonyl (C=O) groups excluding carboxylic acids is 1. The second kappa shape index (κ2) is 5.57. The Hall–Kier alpha value is -1.35. The van der Waals surface area contributed by atoms with Crippen molar-refractivity contribution in [2.45, 2.75) is 44.1 Å². The molecule has 1 spiro atoms. The van der Waals surface area contributed by atoms with Gasteiger partial charge in [0.05, 0.1) is 18.3 Å². The molecule has 2 fully saturated rings. The van der Waals surface area contributed by atoms with Crippen molar-refractivity contribution < 1.29 is 14.3 Å². The molecule has 0 bridgehead atoms. The Morgan fingerprint density at radius 2 is 2.05 bits per heavy atom. The third kappa shape index (κ3) is 2.47. The standard InChI is InChI=1S/C17H22O3/c1-19-15-7-3-2-6-14(15)16(18)13-8-11-20-17(12-13)9-4-5-10-17/h2-3,6-7,13H,4-5,8-12H2,1H3. The maximum atomic E-state index is 12.8. The summed E-state index contributed by atoms with van der Waals surface area (Å²) in [7, 11) is 1.62. The van der Waals surface area contributed by atoms with Crippen LogP contribution < -0.4 is 4.74 Å². The summed E-state index contributed by atoms with van der Waals surface area (Å²) in [6.45, 7) is 0.714. The van der Waals surface area contributed by atoms with Crippen LogP contribution in [0.5, 0.6) is 5.75 Å². The van der Waals surface area contributed by atoms with Crippen LogP contribution in [0.15, 0.2) is 24.3 Å². The molecule has 20 heavy (non-hydrogen) atoms. The summed E-state index contributed by atoms with van der Waals surface area (Å²) in [6, 6.07) is 7.54. The fourth-order valence-corrected chi connectivity index (χ4v) is 3.69. The van der Waals surface area contributed by atoms with Gasteiger partial charge in [-0.2, -0.15) is 0 Å². The predicted molar refractivity (Wildman–Crippen MR) is 77.2 cm³/mol. The molecular formula is C17H22O3. The van der Waals surface area contributed by atoms with E-state index in [0.29, 0.717) is 12.4 Å². The third-order valence-electron chi connectivity index (χ3n) is 4.75. The normalized spacial score (nSPS) is 24.8. The van der Waals surface area contributed by atoms with Crippen LogP contribution in [-0.4, -0.2) is 25.1 Å². The number of methoxy groups -OCH3 is 1. The topological polar surface area (TPSA) is 35.5 Å². The molecule has 1 atom stereocenters. The molecule has 1 saturated heterocycles. The van der Waals surface area contributed by atoms with E-state index in [1.807, 2.05) is 24.3 Å². The summed E-state index contributed by atoms with van der Waals surface area (Å²) < 4.78 is 11.3. The zero-order valence-corrected chi connectivity index (χ0v) is 12.1. The van der Waals surface area contributed by atoms with Gasteiger partial charge >= 0.3 is 0 Å². The smallest absolute Gasteiger partial charge is 0.169 e. The van der Waals surface area contributed by atoms with Gasteiger partial charge in [-0.25, -0.2) is 0 Å². The summed E-state index contributed by atoms with van der Waals surface area (Å²) in [4.78, 5) is 12.8. The average Bonchev–Trinajstić information content (AvgIpc) is 2.94. The predicted octanol–water partition coefficient (Wildman–Crippen LogP) is 3.62. The highest BCUT2D eigenvalue weighted by Gasteiger charge is 2.42. The molecule has 0 amide bonds. The molecule has 0 aromatic heterocycles. The van der Waals surface area contributed by atoms with Gasteiger partial charge in [-0.05, 0) is 37.8 Å². The molecule has 108 valence electrons. The van der Waals surface area contributed by atoms with Crippen LogP contribution in [0.2, 0.25) is 0 Å². The van der Waals surface area contributed by atoms with Crippen molar-refractivity contribution in [2.75, 3.05) is 13.7 Å². The number of Topliss-reactive ketones (excluding diaryl/α,β-unsaturated/α-hetero) is 1. The molecule has 1 aromatic rings. The number of para-hydroxylation sites is 1. The van der Waals surface area contributed by atoms with Gasteiger partial charge in [-0.1, -0.05) is 25.0 Å². The minimum absolute atomic E-state index is 0.0133. The second-order valence-corrected chi connectivity index (χ2v) is 5.99. The Morgan fingerprint density at radius 3 is 2.80 bits per heavy atom. The zero-order valence-electron chi connectivity index (χ0n) is 12.1. The molecule has 1 aliphatic carbocycles. The maximum absolute atomic E-state index is 12.8. The van der Waals surface area contributed by atoms with Gasteiger partial charge in [-0.3, -0.25) is 4.79 Å². The lowest BCUT2D eigenvalue weighted by Crippen LogP contribution is -2.39. The molecular weight excluding hydrogens is 252 g/mol. The Bertz CT molecular complexity index is 489. The molecule has 1 unspecified atom stereocenters. The molecule has 0 N–H and O–H groups in total. The fourth-order valence-electron chi connectivity index (χ4n) is 3.69. The number of benzene rings is 1. The van der Waals surface area contributed by atoms with Crippen molar-refractivity contribution in [1.29, 1.82) is 0 Å². The van der Waals surface area contributed by atoms with Crippen LogP contribution >= 0.6 is 0 Å². The van der Waals surface area contributed by atoms with E-state index in [1.165, 1.54) is 12.8 Å². The van der Waals surface area contributed by atoms with E-state index in [0.717, 1.165) is 31.2 Å². The lowest BCUT2D eigenvalue weighted by atomic mass is 9.80. The van der Waals surface area contributed by atoms with Gasteiger partial charge in [0.15, 0.2) is 5.78 Å². The first kappa shape index (κ1) is 13.6. The van der Waals surface area contributed by atoms with E-state index in [-0.39, 0.29) is 17.3 Å².